The number of carbonyl (C=O) groups is 2. The average molecular weight is 332 g/mol. The maximum atomic E-state index is 11.8. The molecule has 1 rings (SSSR count). The van der Waals surface area contributed by atoms with Crippen molar-refractivity contribution in [2.24, 2.45) is 0 Å². The summed E-state index contributed by atoms with van der Waals surface area (Å²) in [6.07, 6.45) is -0.0958. The molecule has 0 spiro atoms. The van der Waals surface area contributed by atoms with Crippen LogP contribution in [0.15, 0.2) is 24.3 Å². The predicted octanol–water partition coefficient (Wildman–Crippen LogP) is 2.74. The summed E-state index contributed by atoms with van der Waals surface area (Å²) in [6.45, 7) is 6.03. The Labute approximate surface area is 142 Å². The molecule has 1 aromatic carbocycles. The Kier molecular flexibility index (Phi) is 7.05. The van der Waals surface area contributed by atoms with Crippen LogP contribution in [0, 0.1) is 11.3 Å². The topological polar surface area (TPSA) is 94.5 Å². The van der Waals surface area contributed by atoms with E-state index < -0.39 is 11.7 Å². The van der Waals surface area contributed by atoms with Crippen molar-refractivity contribution in [2.45, 2.75) is 32.8 Å². The third-order valence-corrected chi connectivity index (χ3v) is 2.93. The van der Waals surface area contributed by atoms with Gasteiger partial charge >= 0.3 is 12.1 Å². The molecule has 0 unspecified atom stereocenters. The Morgan fingerprint density at radius 1 is 1.25 bits per heavy atom. The number of carbonyl (C=O) groups excluding carboxylic acids is 2. The van der Waals surface area contributed by atoms with E-state index in [2.05, 4.69) is 16.7 Å². The molecule has 130 valence electrons. The van der Waals surface area contributed by atoms with Gasteiger partial charge in [-0.15, -0.1) is 0 Å². The average Bonchev–Trinajstić information content (AvgIpc) is 2.47. The van der Waals surface area contributed by atoms with Crippen molar-refractivity contribution < 1.29 is 14.3 Å². The molecule has 7 nitrogen and oxygen atoms in total. The van der Waals surface area contributed by atoms with Crippen LogP contribution in [-0.2, 0) is 11.2 Å². The van der Waals surface area contributed by atoms with Gasteiger partial charge in [0.25, 0.3) is 0 Å². The summed E-state index contributed by atoms with van der Waals surface area (Å²) in [4.78, 5) is 25.0. The number of nitriles is 1. The third kappa shape index (κ3) is 7.49. The molecule has 0 saturated carbocycles. The van der Waals surface area contributed by atoms with Crippen molar-refractivity contribution in [3.63, 3.8) is 0 Å². The first-order valence-electron chi connectivity index (χ1n) is 7.66. The van der Waals surface area contributed by atoms with E-state index in [1.165, 1.54) is 4.90 Å². The Bertz CT molecular complexity index is 600. The number of rotatable bonds is 5. The van der Waals surface area contributed by atoms with E-state index in [9.17, 15) is 9.59 Å². The molecule has 0 saturated heterocycles. The molecule has 2 N–H and O–H groups in total. The van der Waals surface area contributed by atoms with Gasteiger partial charge in [-0.3, -0.25) is 0 Å². The standard InChI is InChI=1S/C17H24N4O3/c1-17(2,3)24-16(23)21(4)12-11-19-15(22)20-14-7-5-13(6-8-14)9-10-18/h5-8H,9,11-12H2,1-4H3,(H2,19,20,22). The van der Waals surface area contributed by atoms with Crippen molar-refractivity contribution in [3.05, 3.63) is 29.8 Å². The summed E-state index contributed by atoms with van der Waals surface area (Å²) in [5, 5.41) is 14.0. The summed E-state index contributed by atoms with van der Waals surface area (Å²) in [7, 11) is 1.61. The van der Waals surface area contributed by atoms with Crippen LogP contribution in [0.2, 0.25) is 0 Å². The van der Waals surface area contributed by atoms with Gasteiger partial charge in [-0.1, -0.05) is 12.1 Å². The molecule has 0 atom stereocenters. The minimum Gasteiger partial charge on any atom is -0.444 e. The van der Waals surface area contributed by atoms with E-state index in [1.54, 1.807) is 52.1 Å². The second-order valence-electron chi connectivity index (χ2n) is 6.31. The number of amides is 3. The van der Waals surface area contributed by atoms with Crippen LogP contribution in [-0.4, -0.2) is 42.8 Å². The SMILES string of the molecule is CN(CCNC(=O)Nc1ccc(CC#N)cc1)C(=O)OC(C)(C)C. The molecule has 0 aliphatic rings. The third-order valence-electron chi connectivity index (χ3n) is 2.93. The molecule has 0 bridgehead atoms. The van der Waals surface area contributed by atoms with Gasteiger partial charge in [0.05, 0.1) is 12.5 Å². The van der Waals surface area contributed by atoms with E-state index in [0.29, 0.717) is 25.2 Å². The second kappa shape index (κ2) is 8.77. The van der Waals surface area contributed by atoms with E-state index in [4.69, 9.17) is 10.00 Å². The molecule has 0 radical (unpaired) electrons. The van der Waals surface area contributed by atoms with Gasteiger partial charge in [0.2, 0.25) is 0 Å². The summed E-state index contributed by atoms with van der Waals surface area (Å²) in [5.41, 5.74) is 0.977. The molecule has 0 aliphatic heterocycles. The number of nitrogens with one attached hydrogen (secondary N) is 2. The monoisotopic (exact) mass is 332 g/mol. The van der Waals surface area contributed by atoms with Crippen molar-refractivity contribution in [3.8, 4) is 6.07 Å². The van der Waals surface area contributed by atoms with Crippen LogP contribution >= 0.6 is 0 Å². The Hall–Kier alpha value is -2.75. The van der Waals surface area contributed by atoms with Crippen LogP contribution in [0.3, 0.4) is 0 Å². The number of likely N-dealkylation sites (N-methyl/N-ethyl adjacent to an activating group) is 1. The first-order chi connectivity index (χ1) is 11.2. The maximum absolute atomic E-state index is 11.8. The van der Waals surface area contributed by atoms with E-state index in [0.717, 1.165) is 5.56 Å². The lowest BCUT2D eigenvalue weighted by atomic mass is 10.1. The number of hydrogen-bond donors (Lipinski definition) is 2. The van der Waals surface area contributed by atoms with Crippen molar-refractivity contribution in [2.75, 3.05) is 25.5 Å². The highest BCUT2D eigenvalue weighted by molar-refractivity contribution is 5.89. The van der Waals surface area contributed by atoms with Crippen molar-refractivity contribution in [1.82, 2.24) is 10.2 Å². The molecular formula is C17H24N4O3. The Morgan fingerprint density at radius 3 is 2.42 bits per heavy atom. The van der Waals surface area contributed by atoms with Gasteiger partial charge in [-0.2, -0.15) is 5.26 Å². The fourth-order valence-corrected chi connectivity index (χ4v) is 1.74. The zero-order valence-electron chi connectivity index (χ0n) is 14.5. The summed E-state index contributed by atoms with van der Waals surface area (Å²) in [5.74, 6) is 0. The van der Waals surface area contributed by atoms with Crippen LogP contribution < -0.4 is 10.6 Å². The summed E-state index contributed by atoms with van der Waals surface area (Å²) < 4.78 is 5.22. The largest absolute Gasteiger partial charge is 0.444 e. The van der Waals surface area contributed by atoms with Crippen molar-refractivity contribution in [1.29, 1.82) is 5.26 Å². The zero-order chi connectivity index (χ0) is 18.2. The highest BCUT2D eigenvalue weighted by Crippen LogP contribution is 2.10. The first kappa shape index (κ1) is 19.3. The quantitative estimate of drug-likeness (QED) is 0.867. The van der Waals surface area contributed by atoms with Gasteiger partial charge in [0, 0.05) is 25.8 Å². The number of benzene rings is 1. The van der Waals surface area contributed by atoms with Crippen molar-refractivity contribution >= 4 is 17.8 Å². The lowest BCUT2D eigenvalue weighted by Gasteiger charge is -2.24. The van der Waals surface area contributed by atoms with Gasteiger partial charge in [-0.05, 0) is 38.5 Å². The van der Waals surface area contributed by atoms with Gasteiger partial charge in [-0.25, -0.2) is 9.59 Å². The van der Waals surface area contributed by atoms with Crippen LogP contribution in [0.5, 0.6) is 0 Å². The summed E-state index contributed by atoms with van der Waals surface area (Å²) in [6, 6.07) is 8.75. The molecule has 0 heterocycles. The van der Waals surface area contributed by atoms with Crippen LogP contribution in [0.25, 0.3) is 0 Å². The molecule has 0 fully saturated rings. The number of nitrogens with zero attached hydrogens (tertiary/aromatic N) is 2. The number of urea groups is 1. The number of ether oxygens (including phenoxy) is 1. The number of anilines is 1. The molecule has 0 aliphatic carbocycles. The van der Waals surface area contributed by atoms with Crippen LogP contribution in [0.1, 0.15) is 26.3 Å². The van der Waals surface area contributed by atoms with Gasteiger partial charge in [0.1, 0.15) is 5.60 Å². The molecule has 7 heteroatoms. The second-order valence-corrected chi connectivity index (χ2v) is 6.31. The minimum absolute atomic E-state index is 0.300. The van der Waals surface area contributed by atoms with E-state index in [1.807, 2.05) is 0 Å². The smallest absolute Gasteiger partial charge is 0.410 e. The summed E-state index contributed by atoms with van der Waals surface area (Å²) >= 11 is 0. The van der Waals surface area contributed by atoms with Gasteiger partial charge in [0.15, 0.2) is 0 Å². The zero-order valence-corrected chi connectivity index (χ0v) is 14.5. The molecule has 3 amide bonds. The highest BCUT2D eigenvalue weighted by atomic mass is 16.6. The maximum Gasteiger partial charge on any atom is 0.410 e. The minimum atomic E-state index is -0.548. The fraction of sp³-hybridized carbons (Fsp3) is 0.471. The normalized spacial score (nSPS) is 10.5. The fourth-order valence-electron chi connectivity index (χ4n) is 1.74. The Morgan fingerprint density at radius 2 is 1.88 bits per heavy atom. The molecule has 0 aromatic heterocycles. The lowest BCUT2D eigenvalue weighted by Crippen LogP contribution is -2.40. The van der Waals surface area contributed by atoms with Gasteiger partial charge < -0.3 is 20.3 Å². The lowest BCUT2D eigenvalue weighted by molar-refractivity contribution is 0.0301. The Balaban J connectivity index is 2.33. The first-order valence-corrected chi connectivity index (χ1v) is 7.66. The van der Waals surface area contributed by atoms with E-state index >= 15 is 0 Å². The molecular weight excluding hydrogens is 308 g/mol. The van der Waals surface area contributed by atoms with E-state index in [-0.39, 0.29) is 6.03 Å². The van der Waals surface area contributed by atoms with Crippen LogP contribution in [0.4, 0.5) is 15.3 Å². The molecule has 24 heavy (non-hydrogen) atoms. The number of hydrogen-bond acceptors (Lipinski definition) is 4. The predicted molar refractivity (Wildman–Crippen MR) is 91.6 cm³/mol. The molecule has 1 aromatic rings. The highest BCUT2D eigenvalue weighted by Gasteiger charge is 2.19.